The first-order valence-corrected chi connectivity index (χ1v) is 9.82. The molecular formula is C21H18N4O3S. The van der Waals surface area contributed by atoms with Crippen molar-refractivity contribution < 1.29 is 14.3 Å². The monoisotopic (exact) mass is 406 g/mol. The lowest BCUT2D eigenvalue weighted by atomic mass is 10.1. The third-order valence-electron chi connectivity index (χ3n) is 4.38. The number of nitrogens with zero attached hydrogens (tertiary/aromatic N) is 4. The highest BCUT2D eigenvalue weighted by Crippen LogP contribution is 2.29. The van der Waals surface area contributed by atoms with Crippen molar-refractivity contribution in [3.8, 4) is 17.2 Å². The maximum Gasteiger partial charge on any atom is 0.176 e. The van der Waals surface area contributed by atoms with E-state index in [1.54, 1.807) is 36.2 Å². The number of Topliss-reactive ketones (excluding diaryl/α,β-unsaturated/α-hetero) is 1. The molecule has 8 heteroatoms. The number of ketones is 1. The van der Waals surface area contributed by atoms with Crippen LogP contribution in [0.2, 0.25) is 0 Å². The van der Waals surface area contributed by atoms with Gasteiger partial charge in [-0.3, -0.25) is 4.79 Å². The van der Waals surface area contributed by atoms with Gasteiger partial charge in [0.2, 0.25) is 0 Å². The summed E-state index contributed by atoms with van der Waals surface area (Å²) in [6.07, 6.45) is 3.22. The molecule has 0 radical (unpaired) electrons. The van der Waals surface area contributed by atoms with Gasteiger partial charge in [0.15, 0.2) is 11.4 Å². The van der Waals surface area contributed by atoms with Crippen LogP contribution in [0.15, 0.2) is 66.1 Å². The minimum Gasteiger partial charge on any atom is -0.497 e. The Bertz CT molecular complexity index is 1160. The van der Waals surface area contributed by atoms with Gasteiger partial charge in [-0.25, -0.2) is 14.6 Å². The molecule has 2 heterocycles. The fraction of sp³-hybridized carbons (Fsp3) is 0.143. The minimum atomic E-state index is -0.0586. The molecule has 2 aromatic carbocycles. The van der Waals surface area contributed by atoms with E-state index in [0.717, 1.165) is 11.1 Å². The first-order chi connectivity index (χ1) is 14.2. The molecule has 2 aromatic heterocycles. The molecule has 0 unspecified atom stereocenters. The van der Waals surface area contributed by atoms with Gasteiger partial charge in [-0.2, -0.15) is 5.10 Å². The van der Waals surface area contributed by atoms with Crippen LogP contribution in [0.3, 0.4) is 0 Å². The van der Waals surface area contributed by atoms with Crippen LogP contribution in [0.1, 0.15) is 10.4 Å². The van der Waals surface area contributed by atoms with Crippen molar-refractivity contribution in [1.82, 2.24) is 19.7 Å². The number of ether oxygens (including phenoxy) is 2. The summed E-state index contributed by atoms with van der Waals surface area (Å²) in [5.41, 5.74) is 2.12. The first kappa shape index (κ1) is 18.9. The Balaban J connectivity index is 1.58. The number of aromatic nitrogens is 4. The molecular weight excluding hydrogens is 388 g/mol. The topological polar surface area (TPSA) is 79.1 Å². The molecule has 0 aliphatic carbocycles. The van der Waals surface area contributed by atoms with Crippen LogP contribution in [0, 0.1) is 0 Å². The highest BCUT2D eigenvalue weighted by atomic mass is 32.2. The summed E-state index contributed by atoms with van der Waals surface area (Å²) in [7, 11) is 3.10. The summed E-state index contributed by atoms with van der Waals surface area (Å²) in [6, 6.07) is 14.9. The molecule has 0 bridgehead atoms. The second-order valence-electron chi connectivity index (χ2n) is 6.09. The second-order valence-corrected chi connectivity index (χ2v) is 7.05. The normalized spacial score (nSPS) is 10.8. The zero-order valence-electron chi connectivity index (χ0n) is 15.9. The van der Waals surface area contributed by atoms with Crippen LogP contribution < -0.4 is 9.47 Å². The van der Waals surface area contributed by atoms with Gasteiger partial charge >= 0.3 is 0 Å². The molecule has 0 aliphatic rings. The molecule has 0 amide bonds. The summed E-state index contributed by atoms with van der Waals surface area (Å²) in [4.78, 5) is 21.5. The fourth-order valence-electron chi connectivity index (χ4n) is 2.94. The van der Waals surface area contributed by atoms with Crippen LogP contribution in [-0.4, -0.2) is 45.5 Å². The van der Waals surface area contributed by atoms with E-state index in [4.69, 9.17) is 9.47 Å². The molecule has 0 N–H and O–H groups in total. The van der Waals surface area contributed by atoms with Crippen molar-refractivity contribution in [2.75, 3.05) is 20.0 Å². The average Bonchev–Trinajstić information content (AvgIpc) is 3.22. The van der Waals surface area contributed by atoms with Gasteiger partial charge in [0, 0.05) is 6.07 Å². The fourth-order valence-corrected chi connectivity index (χ4v) is 3.78. The van der Waals surface area contributed by atoms with Crippen molar-refractivity contribution in [2.45, 2.75) is 5.03 Å². The van der Waals surface area contributed by atoms with E-state index in [-0.39, 0.29) is 11.5 Å². The zero-order valence-corrected chi connectivity index (χ0v) is 16.7. The molecule has 4 rings (SSSR count). The van der Waals surface area contributed by atoms with Gasteiger partial charge in [-0.1, -0.05) is 30.0 Å². The number of benzene rings is 2. The molecule has 29 heavy (non-hydrogen) atoms. The Morgan fingerprint density at radius 1 is 1.07 bits per heavy atom. The van der Waals surface area contributed by atoms with Gasteiger partial charge in [0.1, 0.15) is 22.9 Å². The highest BCUT2D eigenvalue weighted by molar-refractivity contribution is 8.00. The van der Waals surface area contributed by atoms with Crippen LogP contribution in [-0.2, 0) is 0 Å². The van der Waals surface area contributed by atoms with Gasteiger partial charge in [-0.05, 0) is 24.3 Å². The lowest BCUT2D eigenvalue weighted by Crippen LogP contribution is -2.05. The Kier molecular flexibility index (Phi) is 5.44. The van der Waals surface area contributed by atoms with E-state index < -0.39 is 0 Å². The van der Waals surface area contributed by atoms with Gasteiger partial charge in [-0.15, -0.1) is 0 Å². The predicted octanol–water partition coefficient (Wildman–Crippen LogP) is 3.81. The summed E-state index contributed by atoms with van der Waals surface area (Å²) < 4.78 is 12.3. The summed E-state index contributed by atoms with van der Waals surface area (Å²) >= 11 is 1.35. The van der Waals surface area contributed by atoms with E-state index >= 15 is 0 Å². The Labute approximate surface area is 171 Å². The SMILES string of the molecule is COc1ccc(C(=O)CSc2ncnc3c2cnn3-c2ccccc2)c(OC)c1. The molecule has 4 aromatic rings. The third kappa shape index (κ3) is 3.79. The van der Waals surface area contributed by atoms with E-state index in [2.05, 4.69) is 15.1 Å². The summed E-state index contributed by atoms with van der Waals surface area (Å²) in [6.45, 7) is 0. The third-order valence-corrected chi connectivity index (χ3v) is 5.38. The molecule has 0 atom stereocenters. The number of methoxy groups -OCH3 is 2. The van der Waals surface area contributed by atoms with E-state index in [9.17, 15) is 4.79 Å². The highest BCUT2D eigenvalue weighted by Gasteiger charge is 2.16. The minimum absolute atomic E-state index is 0.0586. The van der Waals surface area contributed by atoms with E-state index in [1.807, 2.05) is 30.3 Å². The number of hydrogen-bond acceptors (Lipinski definition) is 7. The molecule has 146 valence electrons. The standard InChI is InChI=1S/C21H18N4O3S/c1-27-15-8-9-16(19(10-15)28-2)18(26)12-29-21-17-11-24-25(20(17)22-13-23-21)14-6-4-3-5-7-14/h3-11,13H,12H2,1-2H3. The molecule has 0 fully saturated rings. The Morgan fingerprint density at radius 3 is 2.66 bits per heavy atom. The largest absolute Gasteiger partial charge is 0.497 e. The predicted molar refractivity (Wildman–Crippen MR) is 111 cm³/mol. The number of rotatable bonds is 7. The van der Waals surface area contributed by atoms with Gasteiger partial charge in [0.05, 0.1) is 42.8 Å². The number of carbonyl (C=O) groups is 1. The molecule has 7 nitrogen and oxygen atoms in total. The molecule has 0 spiro atoms. The quantitative estimate of drug-likeness (QED) is 0.262. The van der Waals surface area contributed by atoms with Crippen molar-refractivity contribution >= 4 is 28.6 Å². The molecule has 0 saturated carbocycles. The Morgan fingerprint density at radius 2 is 1.90 bits per heavy atom. The van der Waals surface area contributed by atoms with Crippen molar-refractivity contribution in [3.05, 3.63) is 66.6 Å². The van der Waals surface area contributed by atoms with Crippen LogP contribution in [0.25, 0.3) is 16.7 Å². The van der Waals surface area contributed by atoms with E-state index in [1.165, 1.54) is 25.2 Å². The van der Waals surface area contributed by atoms with Crippen LogP contribution >= 0.6 is 11.8 Å². The van der Waals surface area contributed by atoms with Crippen molar-refractivity contribution in [2.24, 2.45) is 0 Å². The smallest absolute Gasteiger partial charge is 0.176 e. The van der Waals surface area contributed by atoms with Crippen LogP contribution in [0.5, 0.6) is 11.5 Å². The molecule has 0 aliphatic heterocycles. The average molecular weight is 406 g/mol. The van der Waals surface area contributed by atoms with E-state index in [0.29, 0.717) is 27.7 Å². The van der Waals surface area contributed by atoms with Crippen molar-refractivity contribution in [3.63, 3.8) is 0 Å². The van der Waals surface area contributed by atoms with Crippen molar-refractivity contribution in [1.29, 1.82) is 0 Å². The number of carbonyl (C=O) groups excluding carboxylic acids is 1. The Hall–Kier alpha value is -3.39. The molecule has 0 saturated heterocycles. The maximum absolute atomic E-state index is 12.8. The lowest BCUT2D eigenvalue weighted by Gasteiger charge is -2.09. The second kappa shape index (κ2) is 8.32. The number of thioether (sulfide) groups is 1. The van der Waals surface area contributed by atoms with Gasteiger partial charge in [0.25, 0.3) is 0 Å². The lowest BCUT2D eigenvalue weighted by molar-refractivity contribution is 0.101. The zero-order chi connectivity index (χ0) is 20.2. The first-order valence-electron chi connectivity index (χ1n) is 8.83. The number of para-hydroxylation sites is 1. The number of hydrogen-bond donors (Lipinski definition) is 0. The summed E-state index contributed by atoms with van der Waals surface area (Å²) in [5.74, 6) is 1.28. The number of fused-ring (bicyclic) bond motifs is 1. The van der Waals surface area contributed by atoms with Gasteiger partial charge < -0.3 is 9.47 Å². The van der Waals surface area contributed by atoms with Crippen LogP contribution in [0.4, 0.5) is 0 Å². The maximum atomic E-state index is 12.8. The summed E-state index contributed by atoms with van der Waals surface area (Å²) in [5, 5.41) is 5.95.